The molecule has 0 unspecified atom stereocenters. The summed E-state index contributed by atoms with van der Waals surface area (Å²) in [6.45, 7) is 2.57. The van der Waals surface area contributed by atoms with Crippen molar-refractivity contribution in [2.45, 2.75) is 19.8 Å². The fraction of sp³-hybridized carbons (Fsp3) is 0.333. The maximum Gasteiger partial charge on any atom is 0.709 e. The van der Waals surface area contributed by atoms with Gasteiger partial charge in [-0.3, -0.25) is 0 Å². The average Bonchev–Trinajstić information content (AvgIpc) is 2.31. The quantitative estimate of drug-likeness (QED) is 0.435. The molecule has 0 aromatic heterocycles. The van der Waals surface area contributed by atoms with Gasteiger partial charge in [-0.1, -0.05) is 43.7 Å². The van der Waals surface area contributed by atoms with Crippen LogP contribution in [0.1, 0.15) is 25.3 Å². The van der Waals surface area contributed by atoms with E-state index in [0.717, 1.165) is 18.4 Å². The molecule has 0 heterocycles. The monoisotopic (exact) mass is 220 g/mol. The van der Waals surface area contributed by atoms with Crippen LogP contribution in [0.5, 0.6) is 0 Å². The summed E-state index contributed by atoms with van der Waals surface area (Å²) in [6, 6.07) is 9.72. The first-order valence-electron chi connectivity index (χ1n) is 5.49. The van der Waals surface area contributed by atoms with Crippen molar-refractivity contribution in [3.63, 3.8) is 0 Å². The van der Waals surface area contributed by atoms with Gasteiger partial charge < -0.3 is 14.3 Å². The minimum atomic E-state index is -1.17. The molecule has 0 fully saturated rings. The highest BCUT2D eigenvalue weighted by Crippen LogP contribution is 2.01. The summed E-state index contributed by atoms with van der Waals surface area (Å²) in [7, 11) is -1.17. The largest absolute Gasteiger partial charge is 0.709 e. The van der Waals surface area contributed by atoms with Crippen LogP contribution in [0.3, 0.4) is 0 Å². The van der Waals surface area contributed by atoms with Gasteiger partial charge in [0.1, 0.15) is 0 Å². The molecule has 4 heteroatoms. The molecule has 86 valence electrons. The van der Waals surface area contributed by atoms with E-state index in [1.54, 1.807) is 6.08 Å². The highest BCUT2D eigenvalue weighted by molar-refractivity contribution is 6.34. The van der Waals surface area contributed by atoms with Gasteiger partial charge in [0.05, 0.1) is 6.26 Å². The molecule has 0 aliphatic heterocycles. The molecule has 0 saturated carbocycles. The van der Waals surface area contributed by atoms with Crippen LogP contribution in [0, 0.1) is 0 Å². The number of rotatable bonds is 7. The summed E-state index contributed by atoms with van der Waals surface area (Å²) in [5.74, 6) is 0. The number of hydrogen-bond donors (Lipinski definition) is 1. The van der Waals surface area contributed by atoms with E-state index in [2.05, 4.69) is 6.92 Å². The predicted molar refractivity (Wildman–Crippen MR) is 65.4 cm³/mol. The van der Waals surface area contributed by atoms with Crippen molar-refractivity contribution in [3.05, 3.63) is 42.2 Å². The summed E-state index contributed by atoms with van der Waals surface area (Å²) in [5, 5.41) is 9.26. The van der Waals surface area contributed by atoms with Crippen LogP contribution in [0.2, 0.25) is 0 Å². The Labute approximate surface area is 96.9 Å². The van der Waals surface area contributed by atoms with E-state index in [9.17, 15) is 5.02 Å². The molecule has 0 atom stereocenters. The second-order valence-corrected chi connectivity index (χ2v) is 3.38. The second-order valence-electron chi connectivity index (χ2n) is 3.38. The Kier molecular flexibility index (Phi) is 6.38. The lowest BCUT2D eigenvalue weighted by atomic mass is 10.2. The zero-order valence-electron chi connectivity index (χ0n) is 9.50. The Balaban J connectivity index is 2.21. The number of unbranched alkanes of at least 4 members (excludes halogenated alkanes) is 1. The van der Waals surface area contributed by atoms with Crippen LogP contribution in [0.4, 0.5) is 0 Å². The highest BCUT2D eigenvalue weighted by Gasteiger charge is 2.14. The summed E-state index contributed by atoms with van der Waals surface area (Å²) in [5.41, 5.74) is 1.02. The van der Waals surface area contributed by atoms with Crippen LogP contribution in [0.15, 0.2) is 36.6 Å². The zero-order chi connectivity index (χ0) is 11.6. The van der Waals surface area contributed by atoms with Crippen molar-refractivity contribution in [2.75, 3.05) is 6.61 Å². The third-order valence-electron chi connectivity index (χ3n) is 2.01. The molecule has 3 nitrogen and oxygen atoms in total. The van der Waals surface area contributed by atoms with Gasteiger partial charge in [-0.05, 0) is 18.1 Å². The van der Waals surface area contributed by atoms with Crippen molar-refractivity contribution in [2.24, 2.45) is 0 Å². The lowest BCUT2D eigenvalue weighted by Gasteiger charge is -2.05. The molecule has 1 aromatic carbocycles. The third kappa shape index (κ3) is 5.58. The van der Waals surface area contributed by atoms with Gasteiger partial charge in [0.15, 0.2) is 0 Å². The summed E-state index contributed by atoms with van der Waals surface area (Å²) in [4.78, 5) is 0. The molecule has 1 aromatic rings. The molecular formula is C12H17BO3. The van der Waals surface area contributed by atoms with Crippen molar-refractivity contribution < 1.29 is 14.3 Å². The SMILES string of the molecule is CCCCOB(O)OC=Cc1ccccc1. The molecule has 16 heavy (non-hydrogen) atoms. The van der Waals surface area contributed by atoms with Crippen molar-refractivity contribution in [3.8, 4) is 0 Å². The predicted octanol–water partition coefficient (Wildman–Crippen LogP) is 2.47. The smallest absolute Gasteiger partial charge is 0.518 e. The van der Waals surface area contributed by atoms with Crippen molar-refractivity contribution >= 4 is 13.4 Å². The van der Waals surface area contributed by atoms with Gasteiger partial charge in [-0.25, -0.2) is 0 Å². The van der Waals surface area contributed by atoms with Crippen LogP contribution < -0.4 is 0 Å². The van der Waals surface area contributed by atoms with Crippen LogP contribution in [0.25, 0.3) is 6.08 Å². The lowest BCUT2D eigenvalue weighted by Crippen LogP contribution is -2.20. The molecule has 0 aliphatic carbocycles. The Morgan fingerprint density at radius 1 is 1.31 bits per heavy atom. The normalized spacial score (nSPS) is 10.6. The van der Waals surface area contributed by atoms with Crippen LogP contribution in [-0.4, -0.2) is 19.0 Å². The standard InChI is InChI=1S/C12H17BO3/c1-2-3-10-15-13(14)16-11-9-12-7-5-4-6-8-12/h4-9,11,14H,2-3,10H2,1H3. The number of benzene rings is 1. The molecule has 1 rings (SSSR count). The Hall–Kier alpha value is -1.26. The van der Waals surface area contributed by atoms with Gasteiger partial charge in [0.25, 0.3) is 0 Å². The lowest BCUT2D eigenvalue weighted by molar-refractivity contribution is 0.173. The van der Waals surface area contributed by atoms with E-state index in [0.29, 0.717) is 6.61 Å². The fourth-order valence-electron chi connectivity index (χ4n) is 1.12. The average molecular weight is 220 g/mol. The van der Waals surface area contributed by atoms with Gasteiger partial charge in [-0.2, -0.15) is 0 Å². The first-order valence-corrected chi connectivity index (χ1v) is 5.49. The maximum absolute atomic E-state index is 9.26. The summed E-state index contributed by atoms with van der Waals surface area (Å²) in [6.07, 6.45) is 5.16. The molecular weight excluding hydrogens is 203 g/mol. The van der Waals surface area contributed by atoms with E-state index in [4.69, 9.17) is 9.31 Å². The molecule has 0 bridgehead atoms. The summed E-state index contributed by atoms with van der Waals surface area (Å²) < 4.78 is 9.95. The van der Waals surface area contributed by atoms with Crippen molar-refractivity contribution in [1.29, 1.82) is 0 Å². The molecule has 0 spiro atoms. The second kappa shape index (κ2) is 7.96. The van der Waals surface area contributed by atoms with Gasteiger partial charge in [0.2, 0.25) is 0 Å². The maximum atomic E-state index is 9.26. The molecule has 1 N–H and O–H groups in total. The Morgan fingerprint density at radius 3 is 2.75 bits per heavy atom. The van der Waals surface area contributed by atoms with Gasteiger partial charge in [0, 0.05) is 6.61 Å². The molecule has 0 amide bonds. The van der Waals surface area contributed by atoms with Crippen LogP contribution in [-0.2, 0) is 9.31 Å². The van der Waals surface area contributed by atoms with Crippen molar-refractivity contribution in [1.82, 2.24) is 0 Å². The minimum Gasteiger partial charge on any atom is -0.518 e. The first-order chi connectivity index (χ1) is 7.83. The Morgan fingerprint density at radius 2 is 2.06 bits per heavy atom. The van der Waals surface area contributed by atoms with E-state index in [1.165, 1.54) is 6.26 Å². The summed E-state index contributed by atoms with van der Waals surface area (Å²) >= 11 is 0. The van der Waals surface area contributed by atoms with E-state index < -0.39 is 7.32 Å². The fourth-order valence-corrected chi connectivity index (χ4v) is 1.12. The molecule has 0 aliphatic rings. The van der Waals surface area contributed by atoms with E-state index in [-0.39, 0.29) is 0 Å². The first kappa shape index (κ1) is 12.8. The van der Waals surface area contributed by atoms with Crippen LogP contribution >= 0.6 is 0 Å². The van der Waals surface area contributed by atoms with E-state index in [1.807, 2.05) is 30.3 Å². The minimum absolute atomic E-state index is 0.511. The van der Waals surface area contributed by atoms with E-state index >= 15 is 0 Å². The highest BCUT2D eigenvalue weighted by atomic mass is 16.7. The third-order valence-corrected chi connectivity index (χ3v) is 2.01. The van der Waals surface area contributed by atoms with Gasteiger partial charge >= 0.3 is 7.32 Å². The Bertz CT molecular complexity index is 300. The number of hydrogen-bond acceptors (Lipinski definition) is 3. The molecule has 0 saturated heterocycles. The molecule has 0 radical (unpaired) electrons. The van der Waals surface area contributed by atoms with Gasteiger partial charge in [-0.15, -0.1) is 0 Å². The topological polar surface area (TPSA) is 38.7 Å². The zero-order valence-corrected chi connectivity index (χ0v) is 9.50.